The van der Waals surface area contributed by atoms with Crippen LogP contribution in [0.5, 0.6) is 0 Å². The van der Waals surface area contributed by atoms with Crippen LogP contribution >= 0.6 is 22.6 Å². The molecule has 6 rings (SSSR count). The molecule has 0 aromatic heterocycles. The monoisotopic (exact) mass is 1020 g/mol. The first kappa shape index (κ1) is 47.8. The van der Waals surface area contributed by atoms with E-state index in [2.05, 4.69) is 85.8 Å². The summed E-state index contributed by atoms with van der Waals surface area (Å²) in [5.74, 6) is -70.8. The summed E-state index contributed by atoms with van der Waals surface area (Å²) in [6, 6.07) is 15.1. The van der Waals surface area contributed by atoms with Gasteiger partial charge in [0.2, 0.25) is 0 Å². The van der Waals surface area contributed by atoms with Crippen molar-refractivity contribution in [1.82, 2.24) is 0 Å². The Kier molecular flexibility index (Phi) is 13.5. The standard InChI is InChI=1S/C24BF20.C16H17I/c26-5-1(6(27)14(35)21(42)13(5)34)25(2-7(28)15(36)22(43)16(37)8(2)29,3-9(30)17(38)23(44)18(39)10(3)31)4-11(32)19(40)24(45)20(41)12(4)33;1-11(2)15-12(3)9-10-14(17)16(15)13-7-5-4-6-8-13/h;4-11H,1-3H3/q-1;. The lowest BCUT2D eigenvalue weighted by atomic mass is 9.12. The number of benzene rings is 6. The number of rotatable bonds is 6. The topological polar surface area (TPSA) is 0 Å². The molecule has 0 spiro atoms. The second-order valence-electron chi connectivity index (χ2n) is 13.5. The van der Waals surface area contributed by atoms with E-state index < -0.39 is 144 Å². The van der Waals surface area contributed by atoms with Gasteiger partial charge in [-0.2, -0.15) is 0 Å². The van der Waals surface area contributed by atoms with E-state index in [-0.39, 0.29) is 0 Å². The van der Waals surface area contributed by atoms with Crippen molar-refractivity contribution < 1.29 is 87.8 Å². The molecule has 0 N–H and O–H groups in total. The Labute approximate surface area is 348 Å². The average Bonchev–Trinajstić information content (AvgIpc) is 3.24. The van der Waals surface area contributed by atoms with Gasteiger partial charge in [0, 0.05) is 3.57 Å². The number of hydrogen-bond donors (Lipinski definition) is 0. The van der Waals surface area contributed by atoms with E-state index >= 15 is 35.1 Å². The van der Waals surface area contributed by atoms with Gasteiger partial charge in [0.25, 0.3) is 0 Å². The molecule has 0 bridgehead atoms. The molecule has 0 amide bonds. The first-order valence-electron chi connectivity index (χ1n) is 16.9. The lowest BCUT2D eigenvalue weighted by Crippen LogP contribution is -2.81. The van der Waals surface area contributed by atoms with Gasteiger partial charge in [-0.3, -0.25) is 0 Å². The zero-order valence-corrected chi connectivity index (χ0v) is 32.8. The molecule has 0 aliphatic heterocycles. The number of halogens is 21. The summed E-state index contributed by atoms with van der Waals surface area (Å²) >= 11 is 2.44. The Morgan fingerprint density at radius 1 is 0.355 bits per heavy atom. The van der Waals surface area contributed by atoms with Crippen molar-refractivity contribution in [3.05, 3.63) is 174 Å². The van der Waals surface area contributed by atoms with Crippen LogP contribution in [-0.2, 0) is 0 Å². The summed E-state index contributed by atoms with van der Waals surface area (Å²) in [6.45, 7) is 6.74. The van der Waals surface area contributed by atoms with Crippen molar-refractivity contribution in [3.8, 4) is 11.1 Å². The highest BCUT2D eigenvalue weighted by Crippen LogP contribution is 2.36. The molecule has 6 aromatic carbocycles. The quantitative estimate of drug-likeness (QED) is 0.0513. The largest absolute Gasteiger partial charge is 0.207 e. The summed E-state index contributed by atoms with van der Waals surface area (Å²) in [4.78, 5) is 0. The maximum Gasteiger partial charge on any atom is 0.200 e. The summed E-state index contributed by atoms with van der Waals surface area (Å²) in [7, 11) is 0. The average molecular weight is 1020 g/mol. The Hall–Kier alpha value is -5.29. The molecule has 0 saturated carbocycles. The van der Waals surface area contributed by atoms with Crippen LogP contribution in [0.15, 0.2) is 42.5 Å². The molecule has 0 heterocycles. The summed E-state index contributed by atoms with van der Waals surface area (Å²) in [5.41, 5.74) is -8.74. The van der Waals surface area contributed by atoms with Gasteiger partial charge in [-0.25, -0.2) is 87.8 Å². The Balaban J connectivity index is 0.000000355. The van der Waals surface area contributed by atoms with Crippen LogP contribution in [0.2, 0.25) is 0 Å². The molecule has 0 nitrogen and oxygen atoms in total. The Morgan fingerprint density at radius 2 is 0.597 bits per heavy atom. The van der Waals surface area contributed by atoms with Crippen LogP contribution in [0.1, 0.15) is 30.9 Å². The van der Waals surface area contributed by atoms with Crippen LogP contribution in [0.25, 0.3) is 11.1 Å². The molecular weight excluding hydrogens is 998 g/mol. The van der Waals surface area contributed by atoms with E-state index in [9.17, 15) is 52.7 Å². The van der Waals surface area contributed by atoms with Gasteiger partial charge < -0.3 is 0 Å². The number of hydrogen-bond acceptors (Lipinski definition) is 0. The fourth-order valence-electron chi connectivity index (χ4n) is 7.21. The van der Waals surface area contributed by atoms with Crippen molar-refractivity contribution in [2.75, 3.05) is 0 Å². The summed E-state index contributed by atoms with van der Waals surface area (Å²) in [5, 5.41) is 0. The fourth-order valence-corrected chi connectivity index (χ4v) is 8.00. The van der Waals surface area contributed by atoms with Crippen LogP contribution in [0.3, 0.4) is 0 Å². The van der Waals surface area contributed by atoms with Crippen molar-refractivity contribution in [1.29, 1.82) is 0 Å². The molecule has 328 valence electrons. The highest BCUT2D eigenvalue weighted by Gasteiger charge is 2.52. The van der Waals surface area contributed by atoms with Crippen molar-refractivity contribution >= 4 is 50.6 Å². The maximum atomic E-state index is 15.4. The second-order valence-corrected chi connectivity index (χ2v) is 14.6. The van der Waals surface area contributed by atoms with Crippen LogP contribution < -0.4 is 21.9 Å². The predicted octanol–water partition coefficient (Wildman–Crippen LogP) is 11.2. The van der Waals surface area contributed by atoms with Crippen molar-refractivity contribution in [3.63, 3.8) is 0 Å². The van der Waals surface area contributed by atoms with E-state index in [4.69, 9.17) is 0 Å². The molecule has 0 aliphatic carbocycles. The molecular formula is C40H17BF20I-. The number of aryl methyl sites for hydroxylation is 1. The zero-order chi connectivity index (χ0) is 46.8. The van der Waals surface area contributed by atoms with Gasteiger partial charge in [0.15, 0.2) is 69.8 Å². The van der Waals surface area contributed by atoms with Gasteiger partial charge in [-0.05, 0) is 63.8 Å². The second kappa shape index (κ2) is 17.5. The molecule has 0 atom stereocenters. The van der Waals surface area contributed by atoms with Gasteiger partial charge in [0.1, 0.15) is 52.7 Å². The van der Waals surface area contributed by atoms with Gasteiger partial charge in [-0.1, -0.05) is 50.2 Å². The van der Waals surface area contributed by atoms with Gasteiger partial charge in [-0.15, -0.1) is 21.9 Å². The van der Waals surface area contributed by atoms with Crippen LogP contribution in [0, 0.1) is 127 Å². The summed E-state index contributed by atoms with van der Waals surface area (Å²) in [6.07, 6.45) is -7.22. The Morgan fingerprint density at radius 3 is 0.839 bits per heavy atom. The molecule has 0 radical (unpaired) electrons. The smallest absolute Gasteiger partial charge is 0.200 e. The third kappa shape index (κ3) is 7.24. The third-order valence-corrected chi connectivity index (χ3v) is 10.7. The molecule has 0 fully saturated rings. The summed E-state index contributed by atoms with van der Waals surface area (Å²) < 4.78 is 295. The van der Waals surface area contributed by atoms with E-state index in [1.165, 1.54) is 25.8 Å². The molecule has 0 unspecified atom stereocenters. The van der Waals surface area contributed by atoms with E-state index in [0.717, 1.165) is 0 Å². The molecule has 6 aromatic rings. The highest BCUT2D eigenvalue weighted by atomic mass is 127. The van der Waals surface area contributed by atoms with Gasteiger partial charge in [0.05, 0.1) is 0 Å². The highest BCUT2D eigenvalue weighted by molar-refractivity contribution is 14.1. The van der Waals surface area contributed by atoms with E-state index in [1.807, 2.05) is 0 Å². The minimum Gasteiger partial charge on any atom is -0.207 e. The maximum absolute atomic E-state index is 15.4. The van der Waals surface area contributed by atoms with E-state index in [0.29, 0.717) is 5.92 Å². The zero-order valence-electron chi connectivity index (χ0n) is 30.6. The van der Waals surface area contributed by atoms with E-state index in [1.54, 1.807) is 0 Å². The molecule has 0 saturated heterocycles. The minimum absolute atomic E-state index is 0.555. The molecule has 0 aliphatic rings. The SMILES string of the molecule is Cc1ccc(I)c(-c2ccccc2)c1C(C)C.Fc1c(F)c(F)c([B-](c2c(F)c(F)c(F)c(F)c2F)(c2c(F)c(F)c(F)c(F)c2F)c2c(F)c(F)c(F)c(F)c2F)c(F)c1F. The van der Waals surface area contributed by atoms with Crippen LogP contribution in [-0.4, -0.2) is 6.15 Å². The van der Waals surface area contributed by atoms with Gasteiger partial charge >= 0.3 is 0 Å². The first-order valence-corrected chi connectivity index (χ1v) is 18.0. The normalized spacial score (nSPS) is 11.7. The van der Waals surface area contributed by atoms with Crippen molar-refractivity contribution in [2.45, 2.75) is 26.7 Å². The lowest BCUT2D eigenvalue weighted by Gasteiger charge is -2.44. The fraction of sp³-hybridized carbons (Fsp3) is 0.100. The minimum atomic E-state index is -7.22. The predicted molar refractivity (Wildman–Crippen MR) is 193 cm³/mol. The lowest BCUT2D eigenvalue weighted by molar-refractivity contribution is 0.378. The molecule has 22 heteroatoms. The van der Waals surface area contributed by atoms with Crippen LogP contribution in [0.4, 0.5) is 87.8 Å². The first-order chi connectivity index (χ1) is 28.8. The molecule has 62 heavy (non-hydrogen) atoms. The Bertz CT molecular complexity index is 2410. The third-order valence-electron chi connectivity index (χ3n) is 9.76. The van der Waals surface area contributed by atoms with Crippen molar-refractivity contribution in [2.24, 2.45) is 0 Å².